The van der Waals surface area contributed by atoms with Crippen molar-refractivity contribution in [2.24, 2.45) is 0 Å². The highest BCUT2D eigenvalue weighted by atomic mass is 16.6. The number of hydrogen-bond donors (Lipinski definition) is 0. The first-order valence-electron chi connectivity index (χ1n) is 29.1. The van der Waals surface area contributed by atoms with Gasteiger partial charge in [-0.15, -0.1) is 0 Å². The minimum Gasteiger partial charge on any atom is -0.462 e. The van der Waals surface area contributed by atoms with Crippen LogP contribution in [0.1, 0.15) is 278 Å². The van der Waals surface area contributed by atoms with Gasteiger partial charge in [0.05, 0.1) is 0 Å². The molecule has 0 heterocycles. The molecule has 0 saturated heterocycles. The molecule has 0 radical (unpaired) electrons. The number of carbonyl (C=O) groups excluding carboxylic acids is 3. The monoisotopic (exact) mass is 961 g/mol. The van der Waals surface area contributed by atoms with Crippen molar-refractivity contribution in [3.8, 4) is 0 Å². The predicted octanol–water partition coefficient (Wildman–Crippen LogP) is 19.5. The third-order valence-corrected chi connectivity index (χ3v) is 12.4. The van der Waals surface area contributed by atoms with Crippen LogP contribution in [0.15, 0.2) is 85.1 Å². The highest BCUT2D eigenvalue weighted by molar-refractivity contribution is 5.71. The maximum absolute atomic E-state index is 12.9. The van der Waals surface area contributed by atoms with Crippen molar-refractivity contribution in [2.75, 3.05) is 13.2 Å². The first kappa shape index (κ1) is 65.6. The van der Waals surface area contributed by atoms with Crippen LogP contribution in [-0.2, 0) is 28.6 Å². The molecule has 69 heavy (non-hydrogen) atoms. The summed E-state index contributed by atoms with van der Waals surface area (Å²) in [6, 6.07) is 0. The third kappa shape index (κ3) is 55.4. The lowest BCUT2D eigenvalue weighted by Gasteiger charge is -2.18. The summed E-state index contributed by atoms with van der Waals surface area (Å²) < 4.78 is 16.9. The Morgan fingerprint density at radius 1 is 0.304 bits per heavy atom. The maximum Gasteiger partial charge on any atom is 0.306 e. The molecule has 0 spiro atoms. The summed E-state index contributed by atoms with van der Waals surface area (Å²) in [6.07, 6.45) is 74.2. The Bertz CT molecular complexity index is 1330. The summed E-state index contributed by atoms with van der Waals surface area (Å²) in [5, 5.41) is 0. The van der Waals surface area contributed by atoms with E-state index < -0.39 is 6.10 Å². The quantitative estimate of drug-likeness (QED) is 0.0262. The molecule has 1 unspecified atom stereocenters. The van der Waals surface area contributed by atoms with Crippen molar-refractivity contribution in [3.05, 3.63) is 85.1 Å². The SMILES string of the molecule is CC/C=C\C/C=C\C/C=C\C/C=C\CCCCCCCCC(=O)OCC(COC(=O)CCCCCCCCCCCCCCCCC)OC(=O)CCCCCCCCC/C=C\C/C=C\C/C=C\CC. The number of unbranched alkanes of at least 4 members (excludes halogenated alkanes) is 27. The van der Waals surface area contributed by atoms with Gasteiger partial charge in [0.1, 0.15) is 13.2 Å². The van der Waals surface area contributed by atoms with E-state index in [-0.39, 0.29) is 31.1 Å². The lowest BCUT2D eigenvalue weighted by Crippen LogP contribution is -2.30. The first-order chi connectivity index (χ1) is 34.0. The average Bonchev–Trinajstić information content (AvgIpc) is 3.35. The van der Waals surface area contributed by atoms with Gasteiger partial charge in [-0.25, -0.2) is 0 Å². The van der Waals surface area contributed by atoms with Crippen molar-refractivity contribution in [1.29, 1.82) is 0 Å². The van der Waals surface area contributed by atoms with Gasteiger partial charge in [-0.3, -0.25) is 14.4 Å². The van der Waals surface area contributed by atoms with E-state index in [1.807, 2.05) is 0 Å². The molecule has 0 aliphatic rings. The number of hydrogen-bond acceptors (Lipinski definition) is 6. The molecule has 0 fully saturated rings. The van der Waals surface area contributed by atoms with E-state index in [0.29, 0.717) is 19.3 Å². The van der Waals surface area contributed by atoms with E-state index in [0.717, 1.165) is 116 Å². The second-order valence-corrected chi connectivity index (χ2v) is 19.1. The Morgan fingerprint density at radius 3 is 0.884 bits per heavy atom. The molecule has 0 N–H and O–H groups in total. The van der Waals surface area contributed by atoms with Crippen LogP contribution in [-0.4, -0.2) is 37.2 Å². The van der Waals surface area contributed by atoms with Crippen molar-refractivity contribution in [3.63, 3.8) is 0 Å². The molecule has 0 amide bonds. The smallest absolute Gasteiger partial charge is 0.306 e. The summed E-state index contributed by atoms with van der Waals surface area (Å²) in [5.74, 6) is -0.899. The molecule has 0 saturated carbocycles. The molecule has 0 aromatic carbocycles. The Morgan fingerprint density at radius 2 is 0.565 bits per heavy atom. The zero-order valence-corrected chi connectivity index (χ0v) is 45.3. The van der Waals surface area contributed by atoms with Crippen molar-refractivity contribution >= 4 is 17.9 Å². The standard InChI is InChI=1S/C63H108O6/c1-4-7-10-13-16-19-22-25-28-30-31-33-35-38-41-44-47-50-53-56-62(65)68-59-60(58-67-61(64)55-52-49-46-43-40-37-34-27-24-21-18-15-12-9-6-3)69-63(66)57-54-51-48-45-42-39-36-32-29-26-23-20-17-14-11-8-5-2/h7-8,10-11,16-17,19-20,25-26,28-29,31,33,60H,4-6,9,12-15,18,21-24,27,30,32,34-59H2,1-3H3/b10-7-,11-8-,19-16-,20-17-,28-25-,29-26-,33-31-. The Kier molecular flexibility index (Phi) is 54.3. The van der Waals surface area contributed by atoms with E-state index >= 15 is 0 Å². The molecule has 6 nitrogen and oxygen atoms in total. The fraction of sp³-hybridized carbons (Fsp3) is 0.730. The third-order valence-electron chi connectivity index (χ3n) is 12.4. The van der Waals surface area contributed by atoms with Crippen LogP contribution in [0, 0.1) is 0 Å². The maximum atomic E-state index is 12.9. The summed E-state index contributed by atoms with van der Waals surface area (Å²) in [6.45, 7) is 6.42. The topological polar surface area (TPSA) is 78.9 Å². The van der Waals surface area contributed by atoms with Crippen molar-refractivity contribution < 1.29 is 28.6 Å². The molecule has 396 valence electrons. The van der Waals surface area contributed by atoms with E-state index in [4.69, 9.17) is 14.2 Å². The second kappa shape index (κ2) is 57.2. The Balaban J connectivity index is 4.41. The van der Waals surface area contributed by atoms with E-state index in [1.54, 1.807) is 0 Å². The van der Waals surface area contributed by atoms with Gasteiger partial charge in [-0.1, -0.05) is 254 Å². The summed E-state index contributed by atoms with van der Waals surface area (Å²) in [5.41, 5.74) is 0. The fourth-order valence-electron chi connectivity index (χ4n) is 8.10. The highest BCUT2D eigenvalue weighted by Gasteiger charge is 2.19. The number of esters is 3. The minimum absolute atomic E-state index is 0.0833. The molecule has 0 aliphatic heterocycles. The summed E-state index contributed by atoms with van der Waals surface area (Å²) in [4.78, 5) is 38.2. The van der Waals surface area contributed by atoms with Gasteiger partial charge in [0, 0.05) is 19.3 Å². The van der Waals surface area contributed by atoms with Gasteiger partial charge in [0.15, 0.2) is 6.10 Å². The lowest BCUT2D eigenvalue weighted by atomic mass is 10.0. The molecule has 1 atom stereocenters. The van der Waals surface area contributed by atoms with Gasteiger partial charge < -0.3 is 14.2 Å². The van der Waals surface area contributed by atoms with Crippen LogP contribution in [0.3, 0.4) is 0 Å². The van der Waals surface area contributed by atoms with Crippen LogP contribution in [0.4, 0.5) is 0 Å². The van der Waals surface area contributed by atoms with E-state index in [1.165, 1.54) is 122 Å². The molecule has 0 aromatic heterocycles. The molecule has 0 rings (SSSR count). The number of rotatable bonds is 52. The number of carbonyl (C=O) groups is 3. The Labute approximate surface area is 426 Å². The lowest BCUT2D eigenvalue weighted by molar-refractivity contribution is -0.167. The summed E-state index contributed by atoms with van der Waals surface area (Å²) >= 11 is 0. The van der Waals surface area contributed by atoms with Gasteiger partial charge in [-0.2, -0.15) is 0 Å². The Hall–Kier alpha value is -3.41. The second-order valence-electron chi connectivity index (χ2n) is 19.1. The van der Waals surface area contributed by atoms with Crippen LogP contribution >= 0.6 is 0 Å². The number of ether oxygens (including phenoxy) is 3. The van der Waals surface area contributed by atoms with Gasteiger partial charge >= 0.3 is 17.9 Å². The number of allylic oxidation sites excluding steroid dienone is 14. The highest BCUT2D eigenvalue weighted by Crippen LogP contribution is 2.16. The van der Waals surface area contributed by atoms with Crippen LogP contribution in [0.2, 0.25) is 0 Å². The zero-order valence-electron chi connectivity index (χ0n) is 45.3. The fourth-order valence-corrected chi connectivity index (χ4v) is 8.10. The first-order valence-corrected chi connectivity index (χ1v) is 29.1. The summed E-state index contributed by atoms with van der Waals surface area (Å²) in [7, 11) is 0. The van der Waals surface area contributed by atoms with Crippen LogP contribution in [0.5, 0.6) is 0 Å². The molecular weight excluding hydrogens is 853 g/mol. The van der Waals surface area contributed by atoms with Crippen molar-refractivity contribution in [2.45, 2.75) is 284 Å². The normalized spacial score (nSPS) is 12.7. The van der Waals surface area contributed by atoms with Crippen LogP contribution < -0.4 is 0 Å². The molecule has 6 heteroatoms. The predicted molar refractivity (Wildman–Crippen MR) is 297 cm³/mol. The molecule has 0 bridgehead atoms. The van der Waals surface area contributed by atoms with Gasteiger partial charge in [0.2, 0.25) is 0 Å². The van der Waals surface area contributed by atoms with E-state index in [2.05, 4.69) is 106 Å². The molecule has 0 aliphatic carbocycles. The average molecular weight is 962 g/mol. The van der Waals surface area contributed by atoms with Gasteiger partial charge in [-0.05, 0) is 89.9 Å². The van der Waals surface area contributed by atoms with Crippen molar-refractivity contribution in [1.82, 2.24) is 0 Å². The zero-order chi connectivity index (χ0) is 50.0. The molecule has 0 aromatic rings. The van der Waals surface area contributed by atoms with E-state index in [9.17, 15) is 14.4 Å². The minimum atomic E-state index is -0.787. The largest absolute Gasteiger partial charge is 0.462 e. The van der Waals surface area contributed by atoms with Gasteiger partial charge in [0.25, 0.3) is 0 Å². The molecular formula is C63H108O6. The van der Waals surface area contributed by atoms with Crippen LogP contribution in [0.25, 0.3) is 0 Å².